The lowest BCUT2D eigenvalue weighted by Crippen LogP contribution is -2.14. The Morgan fingerprint density at radius 3 is 2.39 bits per heavy atom. The smallest absolute Gasteiger partial charge is 0.123 e. The van der Waals surface area contributed by atoms with Crippen LogP contribution in [0.4, 0.5) is 4.39 Å². The fourth-order valence-corrected chi connectivity index (χ4v) is 2.49. The maximum Gasteiger partial charge on any atom is 0.123 e. The lowest BCUT2D eigenvalue weighted by atomic mass is 10.0. The average molecular weight is 306 g/mol. The Morgan fingerprint density at radius 1 is 0.913 bits per heavy atom. The molecular weight excluding hydrogens is 287 g/mol. The van der Waals surface area contributed by atoms with Crippen LogP contribution in [0.5, 0.6) is 0 Å². The van der Waals surface area contributed by atoms with Gasteiger partial charge in [0.2, 0.25) is 0 Å². The summed E-state index contributed by atoms with van der Waals surface area (Å²) in [7, 11) is 0. The second-order valence-corrected chi connectivity index (χ2v) is 5.56. The lowest BCUT2D eigenvalue weighted by Gasteiger charge is -2.10. The van der Waals surface area contributed by atoms with Crippen LogP contribution in [0.25, 0.3) is 11.1 Å². The first kappa shape index (κ1) is 15.4. The molecule has 0 aliphatic carbocycles. The average Bonchev–Trinajstić information content (AvgIpc) is 2.59. The van der Waals surface area contributed by atoms with Crippen molar-refractivity contribution in [1.29, 1.82) is 0 Å². The second-order valence-electron chi connectivity index (χ2n) is 5.56. The van der Waals surface area contributed by atoms with Crippen LogP contribution in [0.1, 0.15) is 16.8 Å². The van der Waals surface area contributed by atoms with Crippen LogP contribution in [0, 0.1) is 12.7 Å². The highest BCUT2D eigenvalue weighted by molar-refractivity contribution is 5.63. The van der Waals surface area contributed by atoms with Crippen molar-refractivity contribution in [3.63, 3.8) is 0 Å². The summed E-state index contributed by atoms with van der Waals surface area (Å²) in [5, 5.41) is 3.39. The second kappa shape index (κ2) is 7.16. The number of aromatic nitrogens is 1. The Morgan fingerprint density at radius 2 is 1.65 bits per heavy atom. The number of aryl methyl sites for hydroxylation is 1. The van der Waals surface area contributed by atoms with Gasteiger partial charge in [0.1, 0.15) is 5.82 Å². The maximum atomic E-state index is 12.9. The van der Waals surface area contributed by atoms with Gasteiger partial charge in [0.05, 0.1) is 0 Å². The number of pyridine rings is 1. The normalized spacial score (nSPS) is 10.7. The molecule has 0 radical (unpaired) electrons. The summed E-state index contributed by atoms with van der Waals surface area (Å²) < 4.78 is 12.9. The van der Waals surface area contributed by atoms with Crippen LogP contribution in [0.15, 0.2) is 66.9 Å². The number of hydrogen-bond acceptors (Lipinski definition) is 2. The maximum absolute atomic E-state index is 12.9. The van der Waals surface area contributed by atoms with Crippen molar-refractivity contribution in [2.75, 3.05) is 0 Å². The molecule has 3 heteroatoms. The number of hydrogen-bond donors (Lipinski definition) is 1. The van der Waals surface area contributed by atoms with Crippen molar-refractivity contribution in [2.24, 2.45) is 0 Å². The molecule has 2 aromatic carbocycles. The Kier molecular flexibility index (Phi) is 4.79. The minimum Gasteiger partial charge on any atom is -0.309 e. The fraction of sp³-hybridized carbons (Fsp3) is 0.150. The van der Waals surface area contributed by atoms with E-state index in [0.29, 0.717) is 6.54 Å². The van der Waals surface area contributed by atoms with E-state index in [2.05, 4.69) is 28.5 Å². The molecule has 0 spiro atoms. The van der Waals surface area contributed by atoms with Gasteiger partial charge in [-0.1, -0.05) is 42.5 Å². The first-order valence-electron chi connectivity index (χ1n) is 7.68. The number of halogens is 1. The molecule has 0 bridgehead atoms. The Balaban J connectivity index is 1.69. The number of nitrogens with one attached hydrogen (secondary N) is 1. The third-order valence-electron chi connectivity index (χ3n) is 3.86. The minimum absolute atomic E-state index is 0.204. The summed E-state index contributed by atoms with van der Waals surface area (Å²) in [6.45, 7) is 3.45. The van der Waals surface area contributed by atoms with E-state index in [-0.39, 0.29) is 5.82 Å². The first-order valence-corrected chi connectivity index (χ1v) is 7.68. The highest BCUT2D eigenvalue weighted by Crippen LogP contribution is 2.20. The minimum atomic E-state index is -0.204. The van der Waals surface area contributed by atoms with Gasteiger partial charge in [-0.2, -0.15) is 0 Å². The standard InChI is InChI=1S/C20H19FN2/c1-15-18(13-22-12-16-7-9-20(21)10-8-16)11-19(14-23-15)17-5-3-2-4-6-17/h2-11,14,22H,12-13H2,1H3. The van der Waals surface area contributed by atoms with Crippen molar-refractivity contribution in [1.82, 2.24) is 10.3 Å². The van der Waals surface area contributed by atoms with Gasteiger partial charge in [-0.3, -0.25) is 4.98 Å². The first-order chi connectivity index (χ1) is 11.2. The molecule has 0 aliphatic rings. The van der Waals surface area contributed by atoms with Crippen LogP contribution in [-0.2, 0) is 13.1 Å². The van der Waals surface area contributed by atoms with Crippen LogP contribution in [0.3, 0.4) is 0 Å². The van der Waals surface area contributed by atoms with Gasteiger partial charge >= 0.3 is 0 Å². The van der Waals surface area contributed by atoms with E-state index in [1.165, 1.54) is 23.3 Å². The van der Waals surface area contributed by atoms with Crippen molar-refractivity contribution >= 4 is 0 Å². The fourth-order valence-electron chi connectivity index (χ4n) is 2.49. The Labute approximate surface area is 136 Å². The quantitative estimate of drug-likeness (QED) is 0.751. The zero-order chi connectivity index (χ0) is 16.1. The molecule has 0 saturated carbocycles. The summed E-state index contributed by atoms with van der Waals surface area (Å²) in [4.78, 5) is 4.50. The molecule has 0 atom stereocenters. The van der Waals surface area contributed by atoms with E-state index in [9.17, 15) is 4.39 Å². The summed E-state index contributed by atoms with van der Waals surface area (Å²) in [6, 6.07) is 19.0. The van der Waals surface area contributed by atoms with E-state index in [1.54, 1.807) is 12.1 Å². The predicted molar refractivity (Wildman–Crippen MR) is 91.4 cm³/mol. The molecule has 0 amide bonds. The van der Waals surface area contributed by atoms with Crippen LogP contribution in [0.2, 0.25) is 0 Å². The molecule has 0 aliphatic heterocycles. The van der Waals surface area contributed by atoms with Gasteiger partial charge in [0.25, 0.3) is 0 Å². The van der Waals surface area contributed by atoms with Crippen molar-refractivity contribution in [2.45, 2.75) is 20.0 Å². The Bertz CT molecular complexity index is 767. The van der Waals surface area contributed by atoms with Gasteiger partial charge < -0.3 is 5.32 Å². The van der Waals surface area contributed by atoms with Gasteiger partial charge in [0.15, 0.2) is 0 Å². The van der Waals surface area contributed by atoms with Crippen molar-refractivity contribution in [3.8, 4) is 11.1 Å². The van der Waals surface area contributed by atoms with E-state index >= 15 is 0 Å². The van der Waals surface area contributed by atoms with Crippen LogP contribution in [-0.4, -0.2) is 4.98 Å². The number of nitrogens with zero attached hydrogens (tertiary/aromatic N) is 1. The molecule has 23 heavy (non-hydrogen) atoms. The molecule has 1 N–H and O–H groups in total. The van der Waals surface area contributed by atoms with E-state index in [4.69, 9.17) is 0 Å². The molecule has 0 saturated heterocycles. The lowest BCUT2D eigenvalue weighted by molar-refractivity contribution is 0.624. The van der Waals surface area contributed by atoms with Crippen LogP contribution < -0.4 is 5.32 Å². The largest absolute Gasteiger partial charge is 0.309 e. The monoisotopic (exact) mass is 306 g/mol. The summed E-state index contributed by atoms with van der Waals surface area (Å²) >= 11 is 0. The van der Waals surface area contributed by atoms with E-state index in [1.807, 2.05) is 31.3 Å². The van der Waals surface area contributed by atoms with Gasteiger partial charge in [-0.15, -0.1) is 0 Å². The molecule has 0 unspecified atom stereocenters. The van der Waals surface area contributed by atoms with Crippen LogP contribution >= 0.6 is 0 Å². The van der Waals surface area contributed by atoms with Crippen molar-refractivity contribution < 1.29 is 4.39 Å². The van der Waals surface area contributed by atoms with Gasteiger partial charge in [0, 0.05) is 30.5 Å². The SMILES string of the molecule is Cc1ncc(-c2ccccc2)cc1CNCc1ccc(F)cc1. The summed E-state index contributed by atoms with van der Waals surface area (Å²) in [5.74, 6) is -0.204. The summed E-state index contributed by atoms with van der Waals surface area (Å²) in [6.07, 6.45) is 1.91. The molecule has 2 nitrogen and oxygen atoms in total. The van der Waals surface area contributed by atoms with Crippen molar-refractivity contribution in [3.05, 3.63) is 89.5 Å². The number of benzene rings is 2. The molecule has 1 heterocycles. The van der Waals surface area contributed by atoms with Gasteiger partial charge in [-0.05, 0) is 41.8 Å². The highest BCUT2D eigenvalue weighted by Gasteiger charge is 2.04. The highest BCUT2D eigenvalue weighted by atomic mass is 19.1. The van der Waals surface area contributed by atoms with Gasteiger partial charge in [-0.25, -0.2) is 4.39 Å². The Hall–Kier alpha value is -2.52. The molecule has 0 fully saturated rings. The third-order valence-corrected chi connectivity index (χ3v) is 3.86. The third kappa shape index (κ3) is 4.02. The molecule has 3 aromatic rings. The molecule has 1 aromatic heterocycles. The molecular formula is C20H19FN2. The predicted octanol–water partition coefficient (Wildman–Crippen LogP) is 4.49. The zero-order valence-corrected chi connectivity index (χ0v) is 13.1. The number of rotatable bonds is 5. The van der Waals surface area contributed by atoms with E-state index in [0.717, 1.165) is 23.4 Å². The molecule has 116 valence electrons. The summed E-state index contributed by atoms with van der Waals surface area (Å²) in [5.41, 5.74) is 5.55. The molecule has 3 rings (SSSR count). The zero-order valence-electron chi connectivity index (χ0n) is 13.1. The van der Waals surface area contributed by atoms with E-state index < -0.39 is 0 Å². The topological polar surface area (TPSA) is 24.9 Å².